The predicted octanol–water partition coefficient (Wildman–Crippen LogP) is 3.19. The van der Waals surface area contributed by atoms with E-state index in [-0.39, 0.29) is 17.9 Å². The number of aryl methyl sites for hydroxylation is 3. The van der Waals surface area contributed by atoms with E-state index in [2.05, 4.69) is 27.5 Å². The molecule has 0 spiro atoms. The number of amides is 2. The van der Waals surface area contributed by atoms with Crippen LogP contribution < -0.4 is 5.32 Å². The minimum atomic E-state index is -0.137. The van der Waals surface area contributed by atoms with Crippen molar-refractivity contribution >= 4 is 17.5 Å². The number of hydrogen-bond donors (Lipinski definition) is 1. The molecular weight excluding hydrogens is 428 g/mol. The van der Waals surface area contributed by atoms with Crippen LogP contribution in [0.4, 0.5) is 0 Å². The number of likely N-dealkylation sites (N-methyl/N-ethyl adjacent to an activating group) is 1. The van der Waals surface area contributed by atoms with Crippen molar-refractivity contribution in [1.82, 2.24) is 29.4 Å². The number of fused-ring (bicyclic) bond motifs is 1. The number of carbonyl (C=O) groups is 2. The summed E-state index contributed by atoms with van der Waals surface area (Å²) in [6.07, 6.45) is 4.71. The fraction of sp³-hybridized carbons (Fsp3) is 0.308. The summed E-state index contributed by atoms with van der Waals surface area (Å²) in [4.78, 5) is 32.4. The smallest absolute Gasteiger partial charge is 0.267 e. The van der Waals surface area contributed by atoms with Crippen LogP contribution in [-0.2, 0) is 13.5 Å². The Kier molecular flexibility index (Phi) is 6.77. The lowest BCUT2D eigenvalue weighted by Crippen LogP contribution is -2.41. The SMILES string of the molecule is Cc1cc(C)n2ncc(C(=O)N(C)C(CCNC(=O)c3cccn3C)Cc3ccccc3)c2n1. The Morgan fingerprint density at radius 3 is 2.59 bits per heavy atom. The zero-order valence-corrected chi connectivity index (χ0v) is 20.0. The van der Waals surface area contributed by atoms with Gasteiger partial charge in [-0.2, -0.15) is 5.10 Å². The van der Waals surface area contributed by atoms with E-state index in [9.17, 15) is 9.59 Å². The Morgan fingerprint density at radius 2 is 1.88 bits per heavy atom. The molecular formula is C26H30N6O2. The molecule has 1 N–H and O–H groups in total. The molecule has 4 aromatic rings. The summed E-state index contributed by atoms with van der Waals surface area (Å²) in [6.45, 7) is 4.30. The first-order chi connectivity index (χ1) is 16.3. The molecule has 1 atom stereocenters. The lowest BCUT2D eigenvalue weighted by atomic mass is 10.0. The second-order valence-electron chi connectivity index (χ2n) is 8.64. The Labute approximate surface area is 199 Å². The molecule has 0 aliphatic rings. The van der Waals surface area contributed by atoms with Gasteiger partial charge in [0.15, 0.2) is 5.65 Å². The summed E-state index contributed by atoms with van der Waals surface area (Å²) in [5, 5.41) is 7.36. The van der Waals surface area contributed by atoms with Crippen LogP contribution in [0.15, 0.2) is 60.9 Å². The summed E-state index contributed by atoms with van der Waals surface area (Å²) in [6, 6.07) is 15.5. The third kappa shape index (κ3) is 4.85. The van der Waals surface area contributed by atoms with E-state index in [1.807, 2.05) is 57.4 Å². The number of rotatable bonds is 8. The third-order valence-electron chi connectivity index (χ3n) is 6.13. The molecule has 0 saturated carbocycles. The topological polar surface area (TPSA) is 84.5 Å². The summed E-state index contributed by atoms with van der Waals surface area (Å²) in [5.74, 6) is -0.264. The van der Waals surface area contributed by atoms with Crippen LogP contribution in [0.3, 0.4) is 0 Å². The van der Waals surface area contributed by atoms with Gasteiger partial charge < -0.3 is 14.8 Å². The van der Waals surface area contributed by atoms with Gasteiger partial charge >= 0.3 is 0 Å². The largest absolute Gasteiger partial charge is 0.351 e. The zero-order chi connectivity index (χ0) is 24.2. The van der Waals surface area contributed by atoms with Crippen molar-refractivity contribution in [2.45, 2.75) is 32.7 Å². The molecule has 4 rings (SSSR count). The van der Waals surface area contributed by atoms with Gasteiger partial charge in [0.05, 0.1) is 6.20 Å². The van der Waals surface area contributed by atoms with E-state index >= 15 is 0 Å². The molecule has 3 heterocycles. The first kappa shape index (κ1) is 23.2. The van der Waals surface area contributed by atoms with E-state index in [1.165, 1.54) is 0 Å². The zero-order valence-electron chi connectivity index (χ0n) is 20.0. The molecule has 34 heavy (non-hydrogen) atoms. The number of hydrogen-bond acceptors (Lipinski definition) is 4. The normalized spacial score (nSPS) is 12.0. The molecule has 0 radical (unpaired) electrons. The lowest BCUT2D eigenvalue weighted by Gasteiger charge is -2.28. The molecule has 0 saturated heterocycles. The van der Waals surface area contributed by atoms with Crippen LogP contribution in [0.2, 0.25) is 0 Å². The quantitative estimate of drug-likeness (QED) is 0.440. The van der Waals surface area contributed by atoms with E-state index < -0.39 is 0 Å². The lowest BCUT2D eigenvalue weighted by molar-refractivity contribution is 0.0724. The molecule has 176 valence electrons. The molecule has 1 unspecified atom stereocenters. The van der Waals surface area contributed by atoms with Gasteiger partial charge in [-0.05, 0) is 50.5 Å². The van der Waals surface area contributed by atoms with Gasteiger partial charge in [-0.25, -0.2) is 9.50 Å². The predicted molar refractivity (Wildman–Crippen MR) is 131 cm³/mol. The monoisotopic (exact) mass is 458 g/mol. The summed E-state index contributed by atoms with van der Waals surface area (Å²) in [5.41, 5.74) is 4.53. The van der Waals surface area contributed by atoms with Crippen molar-refractivity contribution in [2.24, 2.45) is 7.05 Å². The Hall–Kier alpha value is -3.94. The van der Waals surface area contributed by atoms with Crippen molar-refractivity contribution in [2.75, 3.05) is 13.6 Å². The highest BCUT2D eigenvalue weighted by molar-refractivity contribution is 5.99. The Balaban J connectivity index is 1.53. The molecule has 8 heteroatoms. The number of aromatic nitrogens is 4. The van der Waals surface area contributed by atoms with Gasteiger partial charge in [-0.1, -0.05) is 30.3 Å². The van der Waals surface area contributed by atoms with E-state index in [4.69, 9.17) is 0 Å². The van der Waals surface area contributed by atoms with Gasteiger partial charge in [-0.15, -0.1) is 0 Å². The standard InChI is InChI=1S/C26H30N6O2/c1-18-15-19(2)32-24(29-18)22(17-28-32)26(34)31(4)21(16-20-9-6-5-7-10-20)12-13-27-25(33)23-11-8-14-30(23)3/h5-11,14-15,17,21H,12-13,16H2,1-4H3,(H,27,33). The van der Waals surface area contributed by atoms with Gasteiger partial charge in [0.2, 0.25) is 0 Å². The van der Waals surface area contributed by atoms with Crippen molar-refractivity contribution in [1.29, 1.82) is 0 Å². The fourth-order valence-electron chi connectivity index (χ4n) is 4.24. The molecule has 0 aliphatic heterocycles. The minimum absolute atomic E-state index is 0.121. The average Bonchev–Trinajstić information content (AvgIpc) is 3.44. The summed E-state index contributed by atoms with van der Waals surface area (Å²) in [7, 11) is 3.65. The van der Waals surface area contributed by atoms with E-state index in [0.717, 1.165) is 17.0 Å². The van der Waals surface area contributed by atoms with Gasteiger partial charge in [0.25, 0.3) is 11.8 Å². The maximum atomic E-state index is 13.5. The van der Waals surface area contributed by atoms with Gasteiger partial charge in [-0.3, -0.25) is 9.59 Å². The van der Waals surface area contributed by atoms with Crippen molar-refractivity contribution in [3.63, 3.8) is 0 Å². The second-order valence-corrected chi connectivity index (χ2v) is 8.64. The summed E-state index contributed by atoms with van der Waals surface area (Å²) < 4.78 is 3.48. The molecule has 8 nitrogen and oxygen atoms in total. The molecule has 3 aromatic heterocycles. The second kappa shape index (κ2) is 9.91. The highest BCUT2D eigenvalue weighted by Crippen LogP contribution is 2.18. The maximum absolute atomic E-state index is 13.5. The Morgan fingerprint density at radius 1 is 1.12 bits per heavy atom. The molecule has 2 amide bonds. The highest BCUT2D eigenvalue weighted by atomic mass is 16.2. The van der Waals surface area contributed by atoms with E-state index in [0.29, 0.717) is 36.3 Å². The number of carbonyl (C=O) groups excluding carboxylic acids is 2. The van der Waals surface area contributed by atoms with Crippen LogP contribution in [0.1, 0.15) is 44.2 Å². The summed E-state index contributed by atoms with van der Waals surface area (Å²) >= 11 is 0. The fourth-order valence-corrected chi connectivity index (χ4v) is 4.24. The van der Waals surface area contributed by atoms with Crippen molar-refractivity contribution in [3.8, 4) is 0 Å². The van der Waals surface area contributed by atoms with Crippen molar-refractivity contribution < 1.29 is 9.59 Å². The number of benzene rings is 1. The number of nitrogens with one attached hydrogen (secondary N) is 1. The first-order valence-electron chi connectivity index (χ1n) is 11.4. The third-order valence-corrected chi connectivity index (χ3v) is 6.13. The van der Waals surface area contributed by atoms with E-state index in [1.54, 1.807) is 33.3 Å². The Bertz CT molecular complexity index is 1310. The van der Waals surface area contributed by atoms with Crippen LogP contribution in [0, 0.1) is 13.8 Å². The molecule has 1 aromatic carbocycles. The maximum Gasteiger partial charge on any atom is 0.267 e. The first-order valence-corrected chi connectivity index (χ1v) is 11.4. The van der Waals surface area contributed by atoms with Crippen LogP contribution >= 0.6 is 0 Å². The van der Waals surface area contributed by atoms with Gasteiger partial charge in [0.1, 0.15) is 11.3 Å². The van der Waals surface area contributed by atoms with Crippen molar-refractivity contribution in [3.05, 3.63) is 89.1 Å². The van der Waals surface area contributed by atoms with Gasteiger partial charge in [0, 0.05) is 44.3 Å². The average molecular weight is 459 g/mol. The van der Waals surface area contributed by atoms with Crippen LogP contribution in [0.25, 0.3) is 5.65 Å². The van der Waals surface area contributed by atoms with Crippen LogP contribution in [0.5, 0.6) is 0 Å². The molecule has 0 bridgehead atoms. The molecule has 0 aliphatic carbocycles. The minimum Gasteiger partial charge on any atom is -0.351 e. The highest BCUT2D eigenvalue weighted by Gasteiger charge is 2.25. The van der Waals surface area contributed by atoms with Crippen LogP contribution in [-0.4, -0.2) is 55.5 Å². The number of nitrogens with zero attached hydrogens (tertiary/aromatic N) is 5. The molecule has 0 fully saturated rings.